The molecule has 0 fully saturated rings. The van der Waals surface area contributed by atoms with E-state index in [2.05, 4.69) is 13.8 Å². The minimum Gasteiger partial charge on any atom is -0.479 e. The zero-order valence-electron chi connectivity index (χ0n) is 10.7. The van der Waals surface area contributed by atoms with Crippen molar-refractivity contribution in [2.24, 2.45) is 5.92 Å². The van der Waals surface area contributed by atoms with Gasteiger partial charge in [-0.25, -0.2) is 4.79 Å². The molecule has 0 aliphatic rings. The molecule has 0 heterocycles. The molecule has 18 heavy (non-hydrogen) atoms. The molecule has 0 aromatic rings. The van der Waals surface area contributed by atoms with Gasteiger partial charge in [0, 0.05) is 19.5 Å². The van der Waals surface area contributed by atoms with Crippen LogP contribution in [0.25, 0.3) is 0 Å². The summed E-state index contributed by atoms with van der Waals surface area (Å²) in [6, 6.07) is 0. The first-order chi connectivity index (χ1) is 7.72. The van der Waals surface area contributed by atoms with Crippen molar-refractivity contribution in [2.45, 2.75) is 29.8 Å². The van der Waals surface area contributed by atoms with Crippen LogP contribution in [-0.2, 0) is 42.6 Å². The van der Waals surface area contributed by atoms with Crippen LogP contribution < -0.4 is 0 Å². The zero-order chi connectivity index (χ0) is 14.4. The van der Waals surface area contributed by atoms with Crippen LogP contribution in [0.2, 0.25) is 5.02 Å². The summed E-state index contributed by atoms with van der Waals surface area (Å²) in [6.07, 6.45) is -0.954. The van der Waals surface area contributed by atoms with E-state index in [0.717, 1.165) is 5.92 Å². The number of carboxylic acids is 1. The number of rotatable bonds is 4. The van der Waals surface area contributed by atoms with E-state index in [1.807, 2.05) is 0 Å². The van der Waals surface area contributed by atoms with E-state index in [9.17, 15) is 4.79 Å². The first-order valence-corrected chi connectivity index (χ1v) is 7.89. The molecule has 4 N–H and O–H groups in total. The molecule has 0 spiro atoms. The molecule has 0 radical (unpaired) electrons. The Morgan fingerprint density at radius 1 is 1.22 bits per heavy atom. The van der Waals surface area contributed by atoms with Gasteiger partial charge in [-0.3, -0.25) is 0 Å². The van der Waals surface area contributed by atoms with Gasteiger partial charge in [-0.1, -0.05) is 23.2 Å². The summed E-state index contributed by atoms with van der Waals surface area (Å²) in [5.74, 6) is -0.270. The Hall–Kier alpha value is 1.18. The van der Waals surface area contributed by atoms with Crippen LogP contribution in [0, 0.1) is 5.92 Å². The minimum atomic E-state index is -1.29. The fourth-order valence-corrected chi connectivity index (χ4v) is 0.0577. The van der Waals surface area contributed by atoms with Crippen molar-refractivity contribution in [1.82, 2.24) is 0 Å². The van der Waals surface area contributed by atoms with Gasteiger partial charge >= 0.3 is 49.1 Å². The number of aliphatic hydroxyl groups is 3. The maximum absolute atomic E-state index is 9.44. The third-order valence-corrected chi connectivity index (χ3v) is 3.98. The van der Waals surface area contributed by atoms with Gasteiger partial charge < -0.3 is 20.4 Å². The molecular weight excluding hydrogens is 390 g/mol. The first-order valence-electron chi connectivity index (χ1n) is 4.92. The molecule has 0 saturated heterocycles. The van der Waals surface area contributed by atoms with Crippen LogP contribution in [0.3, 0.4) is 0 Å². The molecule has 103 valence electrons. The van der Waals surface area contributed by atoms with Crippen molar-refractivity contribution < 1.29 is 63.0 Å². The number of hydrogen-bond donors (Lipinski definition) is 4. The number of carboxylic acid groups (broad SMARTS) is 1. The molecular formula is C9H19Cl2O5Zn2. The van der Waals surface area contributed by atoms with Gasteiger partial charge in [0.1, 0.15) is 6.10 Å². The number of hydrogen-bond acceptors (Lipinski definition) is 4. The van der Waals surface area contributed by atoms with Crippen molar-refractivity contribution >= 4 is 29.2 Å². The Kier molecular flexibility index (Phi) is 31.3. The summed E-state index contributed by atoms with van der Waals surface area (Å²) in [5, 5.41) is 33.2. The van der Waals surface area contributed by atoms with Crippen LogP contribution >= 0.6 is 23.2 Å². The Bertz CT molecular complexity index is 169. The first kappa shape index (κ1) is 27.5. The maximum Gasteiger partial charge on any atom is 0.337 e. The topological polar surface area (TPSA) is 98.0 Å². The SMILES string of the molecule is CC(C)[CH2][Zn].O=C(O)C(Cl)Cl.OCC(O)CO.[Zn]. The van der Waals surface area contributed by atoms with Crippen molar-refractivity contribution in [3.63, 3.8) is 0 Å². The second kappa shape index (κ2) is 20.5. The van der Waals surface area contributed by atoms with Gasteiger partial charge in [0.05, 0.1) is 13.2 Å². The van der Waals surface area contributed by atoms with E-state index in [-0.39, 0.29) is 32.7 Å². The molecule has 0 aromatic heterocycles. The normalized spacial score (nSPS) is 9.11. The van der Waals surface area contributed by atoms with Crippen molar-refractivity contribution in [2.75, 3.05) is 13.2 Å². The Balaban J connectivity index is -0.0000000799. The Morgan fingerprint density at radius 2 is 1.44 bits per heavy atom. The summed E-state index contributed by atoms with van der Waals surface area (Å²) < 4.78 is 0. The third-order valence-electron chi connectivity index (χ3n) is 1.19. The van der Waals surface area contributed by atoms with Crippen molar-refractivity contribution in [1.29, 1.82) is 0 Å². The van der Waals surface area contributed by atoms with Gasteiger partial charge in [0.2, 0.25) is 4.84 Å². The van der Waals surface area contributed by atoms with E-state index in [1.165, 1.54) is 23.3 Å². The quantitative estimate of drug-likeness (QED) is 0.407. The van der Waals surface area contributed by atoms with Crippen LogP contribution in [0.4, 0.5) is 0 Å². The van der Waals surface area contributed by atoms with Crippen LogP contribution in [0.15, 0.2) is 0 Å². The average Bonchev–Trinajstić information content (AvgIpc) is 2.29. The molecule has 0 unspecified atom stereocenters. The maximum atomic E-state index is 9.44. The summed E-state index contributed by atoms with van der Waals surface area (Å²) in [4.78, 5) is 8.15. The van der Waals surface area contributed by atoms with Gasteiger partial charge in [-0.15, -0.1) is 0 Å². The standard InChI is InChI=1S/C4H9.C3H8O3.C2H2Cl2O2.2Zn/c1-4(2)3;4-1-3(6)2-5;3-1(4)2(5)6;;/h4H,1H2,2-3H3;3-6H,1-2H2;1H,(H,5,6);;. The van der Waals surface area contributed by atoms with E-state index in [0.29, 0.717) is 0 Å². The number of alkyl halides is 2. The molecule has 5 nitrogen and oxygen atoms in total. The second-order valence-corrected chi connectivity index (χ2v) is 5.65. The second-order valence-electron chi connectivity index (χ2n) is 3.34. The van der Waals surface area contributed by atoms with Crippen LogP contribution in [-0.4, -0.2) is 50.5 Å². The van der Waals surface area contributed by atoms with E-state index in [1.54, 1.807) is 0 Å². The number of halogens is 2. The summed E-state index contributed by atoms with van der Waals surface area (Å²) >= 11 is 11.0. The fourth-order valence-electron chi connectivity index (χ4n) is 0.0577. The molecule has 0 aliphatic heterocycles. The molecule has 0 amide bonds. The monoisotopic (exact) mass is 405 g/mol. The molecule has 0 saturated carbocycles. The molecule has 0 atom stereocenters. The predicted molar refractivity (Wildman–Crippen MR) is 63.0 cm³/mol. The third kappa shape index (κ3) is 36.0. The van der Waals surface area contributed by atoms with E-state index >= 15 is 0 Å². The Morgan fingerprint density at radius 3 is 1.44 bits per heavy atom. The van der Waals surface area contributed by atoms with Gasteiger partial charge in [-0.05, 0) is 0 Å². The van der Waals surface area contributed by atoms with Crippen LogP contribution in [0.5, 0.6) is 0 Å². The predicted octanol–water partition coefficient (Wildman–Crippen LogP) is 0.812. The van der Waals surface area contributed by atoms with E-state index < -0.39 is 16.9 Å². The summed E-state index contributed by atoms with van der Waals surface area (Å²) in [7, 11) is 0. The molecule has 0 bridgehead atoms. The molecule has 0 aromatic carbocycles. The molecule has 0 rings (SSSR count). The number of aliphatic hydroxyl groups excluding tert-OH is 3. The summed E-state index contributed by atoms with van der Waals surface area (Å²) in [5.41, 5.74) is 0. The van der Waals surface area contributed by atoms with Gasteiger partial charge in [0.25, 0.3) is 0 Å². The number of aliphatic carboxylic acids is 1. The summed E-state index contributed by atoms with van der Waals surface area (Å²) in [6.45, 7) is 3.78. The number of carbonyl (C=O) groups is 1. The smallest absolute Gasteiger partial charge is 0.337 e. The van der Waals surface area contributed by atoms with Crippen molar-refractivity contribution in [3.05, 3.63) is 0 Å². The Labute approximate surface area is 140 Å². The fraction of sp³-hybridized carbons (Fsp3) is 0.889. The largest absolute Gasteiger partial charge is 0.479 e. The van der Waals surface area contributed by atoms with Gasteiger partial charge in [-0.2, -0.15) is 0 Å². The average molecular weight is 409 g/mol. The zero-order valence-corrected chi connectivity index (χ0v) is 18.2. The van der Waals surface area contributed by atoms with Crippen molar-refractivity contribution in [3.8, 4) is 0 Å². The molecule has 0 aliphatic carbocycles. The van der Waals surface area contributed by atoms with Crippen LogP contribution in [0.1, 0.15) is 13.8 Å². The molecule has 9 heteroatoms. The van der Waals surface area contributed by atoms with Gasteiger partial charge in [0.15, 0.2) is 0 Å². The van der Waals surface area contributed by atoms with E-state index in [4.69, 9.17) is 43.6 Å². The minimum absolute atomic E-state index is 0.